The number of amides is 4. The largest absolute Gasteiger partial charge is 0.492 e. The summed E-state index contributed by atoms with van der Waals surface area (Å²) in [4.78, 5) is 73.7. The van der Waals surface area contributed by atoms with Gasteiger partial charge in [-0.2, -0.15) is 5.26 Å². The maximum atomic E-state index is 14.5. The predicted octanol–water partition coefficient (Wildman–Crippen LogP) is 7.67. The number of rotatable bonds is 16. The SMILES string of the molecule is Cc1ncsc1-c1ccc([C@H](C)NC(=O)[C@@H]2C[C@@H](O)CN2C(=O)[C@H](C(C)C)N2Cc3ccc(OCCN4CCN(c5ccc(C(=O)NC6C(C)(C)C(Oc7ccc(C#N)c(Cl)c7)C6(C)C)cn5)CC4)cc3C2=O)cc1. The Labute approximate surface area is 448 Å². The minimum absolute atomic E-state index is 0.00183. The molecule has 0 spiro atoms. The van der Waals surface area contributed by atoms with Crippen molar-refractivity contribution < 1.29 is 33.8 Å². The summed E-state index contributed by atoms with van der Waals surface area (Å²) in [7, 11) is 0. The molecule has 2 aromatic heterocycles. The molecule has 0 radical (unpaired) electrons. The van der Waals surface area contributed by atoms with Gasteiger partial charge in [0.2, 0.25) is 11.8 Å². The van der Waals surface area contributed by atoms with E-state index in [1.54, 1.807) is 46.7 Å². The van der Waals surface area contributed by atoms with E-state index >= 15 is 0 Å². The monoisotopic (exact) mass is 1060 g/mol. The summed E-state index contributed by atoms with van der Waals surface area (Å²) in [5.41, 5.74) is 6.09. The Kier molecular flexibility index (Phi) is 15.3. The first-order valence-electron chi connectivity index (χ1n) is 25.7. The van der Waals surface area contributed by atoms with Crippen molar-refractivity contribution in [2.45, 2.75) is 105 Å². The highest BCUT2D eigenvalue weighted by Gasteiger charge is 2.64. The number of aryl methyl sites for hydroxylation is 1. The molecule has 4 atom stereocenters. The third kappa shape index (κ3) is 10.8. The standard InChI is InChI=1S/C57H66ClN9O7S/c1-33(2)48(53(72)66-31-41(68)25-46(66)51(70)62-34(3)36-9-11-37(12-10-36)49-35(4)61-32-75-49)67-30-40-14-16-42(26-44(40)52(67)71)73-24-23-64-19-21-65(22-20-64)47-18-15-39(29-60-47)50(69)63-54-56(5,6)55(57(54,7)8)74-43-17-13-38(28-59)45(58)27-43/h9-18,26-27,29,32-34,41,46,48,54-55,68H,19-25,30-31H2,1-8H3,(H,62,70)(H,63,69)/t34-,41+,46-,48-,54?,55?/m0/s1. The first kappa shape index (κ1) is 53.3. The van der Waals surface area contributed by atoms with Gasteiger partial charge in [-0.05, 0) is 72.9 Å². The van der Waals surface area contributed by atoms with E-state index < -0.39 is 29.0 Å². The number of ether oxygens (including phenoxy) is 2. The first-order valence-corrected chi connectivity index (χ1v) is 27.0. The van der Waals surface area contributed by atoms with Gasteiger partial charge in [0.1, 0.15) is 48.2 Å². The number of carbonyl (C=O) groups excluding carboxylic acids is 4. The van der Waals surface area contributed by atoms with E-state index in [0.717, 1.165) is 59.3 Å². The van der Waals surface area contributed by atoms with Crippen LogP contribution in [0.2, 0.25) is 5.02 Å². The number of aromatic nitrogens is 2. The van der Waals surface area contributed by atoms with Crippen molar-refractivity contribution in [2.24, 2.45) is 16.7 Å². The van der Waals surface area contributed by atoms with Crippen LogP contribution in [0, 0.1) is 35.0 Å². The lowest BCUT2D eigenvalue weighted by molar-refractivity contribution is -0.164. The number of β-amino-alcohol motifs (C(OH)–C–C–N with tert-alkyl or cyclic N) is 1. The topological polar surface area (TPSA) is 194 Å². The van der Waals surface area contributed by atoms with E-state index in [0.29, 0.717) is 46.4 Å². The number of anilines is 1. The summed E-state index contributed by atoms with van der Waals surface area (Å²) >= 11 is 7.85. The summed E-state index contributed by atoms with van der Waals surface area (Å²) in [5.74, 6) is 0.486. The average Bonchev–Trinajstić information content (AvgIpc) is 4.10. The molecule has 0 unspecified atom stereocenters. The van der Waals surface area contributed by atoms with Crippen LogP contribution in [0.3, 0.4) is 0 Å². The zero-order valence-electron chi connectivity index (χ0n) is 43.8. The first-order chi connectivity index (χ1) is 35.7. The molecule has 5 heterocycles. The number of pyridine rings is 1. The van der Waals surface area contributed by atoms with E-state index in [1.807, 2.05) is 81.7 Å². The molecule has 394 valence electrons. The summed E-state index contributed by atoms with van der Waals surface area (Å²) in [6, 6.07) is 22.0. The Bertz CT molecular complexity index is 2970. The van der Waals surface area contributed by atoms with Crippen LogP contribution in [0.25, 0.3) is 10.4 Å². The molecule has 4 aliphatic rings. The number of nitriles is 1. The van der Waals surface area contributed by atoms with Gasteiger partial charge in [-0.1, -0.05) is 83.5 Å². The molecule has 0 bridgehead atoms. The molecule has 3 N–H and O–H groups in total. The smallest absolute Gasteiger partial charge is 0.255 e. The van der Waals surface area contributed by atoms with Crippen molar-refractivity contribution in [1.29, 1.82) is 5.26 Å². The molecule has 18 heteroatoms. The molecule has 3 aliphatic heterocycles. The summed E-state index contributed by atoms with van der Waals surface area (Å²) in [6.45, 7) is 20.3. The van der Waals surface area contributed by atoms with Crippen molar-refractivity contribution >= 4 is 52.4 Å². The van der Waals surface area contributed by atoms with Crippen LogP contribution in [-0.4, -0.2) is 130 Å². The number of aliphatic hydroxyl groups is 1. The quantitative estimate of drug-likeness (QED) is 0.0875. The van der Waals surface area contributed by atoms with Crippen molar-refractivity contribution in [2.75, 3.05) is 50.8 Å². The van der Waals surface area contributed by atoms with Crippen molar-refractivity contribution in [3.63, 3.8) is 0 Å². The summed E-state index contributed by atoms with van der Waals surface area (Å²) in [5, 5.41) is 26.7. The molecule has 3 fully saturated rings. The van der Waals surface area contributed by atoms with Crippen LogP contribution >= 0.6 is 22.9 Å². The van der Waals surface area contributed by atoms with Gasteiger partial charge < -0.3 is 39.9 Å². The molecular weight excluding hydrogens is 990 g/mol. The Morgan fingerprint density at radius 3 is 2.31 bits per heavy atom. The number of hydrogen-bond acceptors (Lipinski definition) is 13. The second-order valence-electron chi connectivity index (χ2n) is 21.8. The zero-order chi connectivity index (χ0) is 53.5. The molecule has 5 aromatic rings. The van der Waals surface area contributed by atoms with E-state index in [-0.39, 0.29) is 67.2 Å². The number of piperazine rings is 1. The van der Waals surface area contributed by atoms with E-state index in [4.69, 9.17) is 21.1 Å². The van der Waals surface area contributed by atoms with E-state index in [2.05, 4.69) is 64.2 Å². The van der Waals surface area contributed by atoms with Gasteiger partial charge in [-0.25, -0.2) is 9.97 Å². The highest BCUT2D eigenvalue weighted by atomic mass is 35.5. The lowest BCUT2D eigenvalue weighted by atomic mass is 9.49. The van der Waals surface area contributed by atoms with Gasteiger partial charge in [-0.15, -0.1) is 11.3 Å². The van der Waals surface area contributed by atoms with Crippen LogP contribution in [-0.2, 0) is 16.1 Å². The van der Waals surface area contributed by atoms with Crippen LogP contribution in [0.5, 0.6) is 11.5 Å². The molecule has 75 heavy (non-hydrogen) atoms. The number of nitrogens with one attached hydrogen (secondary N) is 2. The zero-order valence-corrected chi connectivity index (χ0v) is 45.4. The van der Waals surface area contributed by atoms with E-state index in [9.17, 15) is 29.5 Å². The van der Waals surface area contributed by atoms with Gasteiger partial charge in [0.15, 0.2) is 0 Å². The summed E-state index contributed by atoms with van der Waals surface area (Å²) < 4.78 is 12.6. The number of benzene rings is 3. The number of likely N-dealkylation sites (tertiary alicyclic amines) is 1. The molecular formula is C57H66ClN9O7S. The second-order valence-corrected chi connectivity index (χ2v) is 23.1. The van der Waals surface area contributed by atoms with Gasteiger partial charge in [0.05, 0.1) is 44.4 Å². The maximum Gasteiger partial charge on any atom is 0.255 e. The van der Waals surface area contributed by atoms with Gasteiger partial charge >= 0.3 is 0 Å². The molecule has 9 rings (SSSR count). The average molecular weight is 1060 g/mol. The van der Waals surface area contributed by atoms with Crippen LogP contribution < -0.4 is 25.0 Å². The lowest BCUT2D eigenvalue weighted by Gasteiger charge is -2.63. The van der Waals surface area contributed by atoms with Crippen molar-refractivity contribution in [3.05, 3.63) is 123 Å². The summed E-state index contributed by atoms with van der Waals surface area (Å²) in [6.07, 6.45) is 0.644. The highest BCUT2D eigenvalue weighted by molar-refractivity contribution is 7.13. The van der Waals surface area contributed by atoms with Crippen molar-refractivity contribution in [1.82, 2.24) is 35.3 Å². The van der Waals surface area contributed by atoms with Gasteiger partial charge in [0, 0.05) is 86.9 Å². The van der Waals surface area contributed by atoms with Crippen LogP contribution in [0.1, 0.15) is 104 Å². The molecule has 16 nitrogen and oxygen atoms in total. The van der Waals surface area contributed by atoms with Crippen LogP contribution in [0.4, 0.5) is 5.82 Å². The number of hydrogen-bond donors (Lipinski definition) is 3. The Hall–Kier alpha value is -6.58. The minimum Gasteiger partial charge on any atom is -0.492 e. The molecule has 2 saturated heterocycles. The fraction of sp³-hybridized carbons (Fsp3) is 0.456. The third-order valence-electron chi connectivity index (χ3n) is 15.6. The Balaban J connectivity index is 0.734. The number of halogens is 1. The number of thiazole rings is 1. The molecule has 4 amide bonds. The maximum absolute atomic E-state index is 14.5. The molecule has 1 saturated carbocycles. The number of aliphatic hydroxyl groups excluding tert-OH is 1. The van der Waals surface area contributed by atoms with Crippen LogP contribution in [0.15, 0.2) is 84.5 Å². The fourth-order valence-corrected chi connectivity index (χ4v) is 12.8. The number of nitrogens with zero attached hydrogens (tertiary/aromatic N) is 7. The number of fused-ring (bicyclic) bond motifs is 1. The fourth-order valence-electron chi connectivity index (χ4n) is 11.8. The highest BCUT2D eigenvalue weighted by Crippen LogP contribution is 2.55. The molecule has 1 aliphatic carbocycles. The van der Waals surface area contributed by atoms with Crippen molar-refractivity contribution in [3.8, 4) is 28.0 Å². The lowest BCUT2D eigenvalue weighted by Crippen LogP contribution is -2.74. The Morgan fingerprint density at radius 1 is 0.947 bits per heavy atom. The van der Waals surface area contributed by atoms with Gasteiger partial charge in [0.25, 0.3) is 11.8 Å². The van der Waals surface area contributed by atoms with Gasteiger partial charge in [-0.3, -0.25) is 24.1 Å². The molecule has 3 aromatic carbocycles. The Morgan fingerprint density at radius 2 is 1.67 bits per heavy atom. The predicted molar refractivity (Wildman–Crippen MR) is 288 cm³/mol. The number of carbonyl (C=O) groups is 4. The van der Waals surface area contributed by atoms with E-state index in [1.165, 1.54) is 4.90 Å². The minimum atomic E-state index is -0.887. The normalized spacial score (nSPS) is 21.7. The third-order valence-corrected chi connectivity index (χ3v) is 16.9. The second kappa shape index (κ2) is 21.6.